The van der Waals surface area contributed by atoms with Crippen LogP contribution in [0.1, 0.15) is 35.6 Å². The topological polar surface area (TPSA) is 17.8 Å². The van der Waals surface area contributed by atoms with Gasteiger partial charge >= 0.3 is 0 Å². The van der Waals surface area contributed by atoms with E-state index in [1.54, 1.807) is 0 Å². The first kappa shape index (κ1) is 27.4. The summed E-state index contributed by atoms with van der Waals surface area (Å²) in [6.45, 7) is 2.40. The Morgan fingerprint density at radius 2 is 1.32 bits per heavy atom. The van der Waals surface area contributed by atoms with E-state index in [-0.39, 0.29) is 9.52 Å². The number of imidazole rings is 1. The number of aromatic nitrogens is 2. The van der Waals surface area contributed by atoms with Crippen LogP contribution in [0.2, 0.25) is 6.04 Å². The van der Waals surface area contributed by atoms with Crippen molar-refractivity contribution in [3.8, 4) is 0 Å². The van der Waals surface area contributed by atoms with Crippen molar-refractivity contribution in [1.82, 2.24) is 9.55 Å². The Balaban J connectivity index is 1.23. The minimum Gasteiger partial charge on any atom is -0.346 e. The van der Waals surface area contributed by atoms with Gasteiger partial charge in [-0.05, 0) is 40.2 Å². The molecule has 40 heavy (non-hydrogen) atoms. The highest BCUT2D eigenvalue weighted by atomic mass is 28.2. The van der Waals surface area contributed by atoms with Crippen LogP contribution in [0.25, 0.3) is 17.1 Å². The molecule has 1 aromatic heterocycles. The summed E-state index contributed by atoms with van der Waals surface area (Å²) in [7, 11) is 0.553. The van der Waals surface area contributed by atoms with Gasteiger partial charge in [0.15, 0.2) is 0 Å². The monoisotopic (exact) mass is 536 g/mol. The quantitative estimate of drug-likeness (QED) is 0.126. The molecule has 5 aromatic rings. The van der Waals surface area contributed by atoms with Gasteiger partial charge in [0.2, 0.25) is 7.28 Å². The zero-order chi connectivity index (χ0) is 27.4. The van der Waals surface area contributed by atoms with Gasteiger partial charge < -0.3 is 4.57 Å². The Kier molecular flexibility index (Phi) is 9.80. The van der Waals surface area contributed by atoms with Crippen LogP contribution in [-0.4, -0.2) is 26.4 Å². The van der Waals surface area contributed by atoms with E-state index in [4.69, 9.17) is 4.98 Å². The van der Waals surface area contributed by atoms with Crippen molar-refractivity contribution in [3.05, 3.63) is 162 Å². The second kappa shape index (κ2) is 14.3. The zero-order valence-corrected chi connectivity index (χ0v) is 24.8. The van der Waals surface area contributed by atoms with Crippen molar-refractivity contribution < 1.29 is 0 Å². The fourth-order valence-electron chi connectivity index (χ4n) is 5.21. The lowest BCUT2D eigenvalue weighted by Gasteiger charge is -2.14. The molecule has 0 fully saturated rings. The number of allylic oxidation sites excluding steroid dienone is 1. The molecule has 1 heterocycles. The lowest BCUT2D eigenvalue weighted by molar-refractivity contribution is 0.655. The van der Waals surface area contributed by atoms with E-state index in [0.717, 1.165) is 25.6 Å². The second-order valence-electron chi connectivity index (χ2n) is 10.5. The summed E-state index contributed by atoms with van der Waals surface area (Å²) in [5.74, 6) is 0.666. The highest BCUT2D eigenvalue weighted by Crippen LogP contribution is 2.25. The summed E-state index contributed by atoms with van der Waals surface area (Å²) in [4.78, 5) is 4.78. The number of nitrogens with zero attached hydrogens (tertiary/aromatic N) is 2. The van der Waals surface area contributed by atoms with Gasteiger partial charge in [-0.3, -0.25) is 4.98 Å². The van der Waals surface area contributed by atoms with Crippen molar-refractivity contribution in [2.45, 2.75) is 25.6 Å². The van der Waals surface area contributed by atoms with Crippen LogP contribution in [0.5, 0.6) is 0 Å². The average molecular weight is 537 g/mol. The second-order valence-corrected chi connectivity index (χ2v) is 12.2. The van der Waals surface area contributed by atoms with Gasteiger partial charge in [0.25, 0.3) is 0 Å². The predicted octanol–water partition coefficient (Wildman–Crippen LogP) is 6.85. The smallest absolute Gasteiger partial charge is 0.239 e. The lowest BCUT2D eigenvalue weighted by atomic mass is 9.65. The number of hydrogen-bond acceptors (Lipinski definition) is 1. The van der Waals surface area contributed by atoms with Gasteiger partial charge in [0, 0.05) is 28.1 Å². The molecule has 0 aliphatic rings. The molecule has 0 saturated heterocycles. The molecule has 0 saturated carbocycles. The zero-order valence-electron chi connectivity index (χ0n) is 23.4. The van der Waals surface area contributed by atoms with Crippen LogP contribution in [0.15, 0.2) is 140 Å². The van der Waals surface area contributed by atoms with E-state index < -0.39 is 0 Å². The molecule has 0 amide bonds. The molecule has 1 atom stereocenters. The maximum Gasteiger partial charge on any atom is 0.239 e. The van der Waals surface area contributed by atoms with Crippen molar-refractivity contribution in [2.24, 2.45) is 5.92 Å². The van der Waals surface area contributed by atoms with Crippen molar-refractivity contribution in [3.63, 3.8) is 0 Å². The first-order valence-electron chi connectivity index (χ1n) is 14.4. The molecule has 5 rings (SSSR count). The van der Waals surface area contributed by atoms with Crippen LogP contribution in [0.4, 0.5) is 0 Å². The summed E-state index contributed by atoms with van der Waals surface area (Å²) in [6.07, 6.45) is 11.1. The van der Waals surface area contributed by atoms with E-state index in [1.807, 2.05) is 6.20 Å². The minimum absolute atomic E-state index is 0.276. The molecule has 4 heteroatoms. The van der Waals surface area contributed by atoms with Gasteiger partial charge in [0.1, 0.15) is 0 Å². The fourth-order valence-corrected chi connectivity index (χ4v) is 7.07. The van der Waals surface area contributed by atoms with Gasteiger partial charge in [0.05, 0.1) is 5.72 Å². The lowest BCUT2D eigenvalue weighted by Crippen LogP contribution is -2.29. The van der Waals surface area contributed by atoms with Crippen LogP contribution in [-0.2, 0) is 6.17 Å². The van der Waals surface area contributed by atoms with Crippen LogP contribution in [0, 0.1) is 5.92 Å². The summed E-state index contributed by atoms with van der Waals surface area (Å²) in [6, 6.07) is 44.2. The Labute approximate surface area is 242 Å². The third-order valence-corrected chi connectivity index (χ3v) is 9.62. The molecule has 198 valence electrons. The summed E-state index contributed by atoms with van der Waals surface area (Å²) in [5, 5.41) is 0. The number of rotatable bonds is 12. The van der Waals surface area contributed by atoms with E-state index in [0.29, 0.717) is 5.92 Å². The normalized spacial score (nSPS) is 12.4. The van der Waals surface area contributed by atoms with Crippen LogP contribution in [0.3, 0.4) is 0 Å². The third kappa shape index (κ3) is 7.71. The molecular weight excluding hydrogens is 499 g/mol. The molecule has 4 aromatic carbocycles. The van der Waals surface area contributed by atoms with Crippen molar-refractivity contribution in [1.29, 1.82) is 0 Å². The van der Waals surface area contributed by atoms with E-state index in [9.17, 15) is 0 Å². The van der Waals surface area contributed by atoms with Crippen molar-refractivity contribution >= 4 is 39.6 Å². The molecule has 0 radical (unpaired) electrons. The molecular formula is C36H37BN2Si. The van der Waals surface area contributed by atoms with Gasteiger partial charge in [-0.25, -0.2) is 0 Å². The molecule has 0 aliphatic heterocycles. The predicted molar refractivity (Wildman–Crippen MR) is 177 cm³/mol. The average Bonchev–Trinajstić information content (AvgIpc) is 3.45. The third-order valence-electron chi connectivity index (χ3n) is 7.43. The van der Waals surface area contributed by atoms with Crippen LogP contribution >= 0.6 is 0 Å². The van der Waals surface area contributed by atoms with E-state index >= 15 is 0 Å². The maximum atomic E-state index is 4.78. The summed E-state index contributed by atoms with van der Waals surface area (Å²) < 4.78 is 2.40. The molecule has 0 bridgehead atoms. The van der Waals surface area contributed by atoms with Gasteiger partial charge in [-0.15, -0.1) is 0 Å². The van der Waals surface area contributed by atoms with E-state index in [1.165, 1.54) is 39.3 Å². The Morgan fingerprint density at radius 1 is 0.775 bits per heavy atom. The minimum atomic E-state index is -0.276. The first-order valence-corrected chi connectivity index (χ1v) is 16.4. The van der Waals surface area contributed by atoms with E-state index in [2.05, 4.69) is 151 Å². The highest BCUT2D eigenvalue weighted by molar-refractivity contribution is 6.73. The fraction of sp³-hybridized carbons (Fsp3) is 0.139. The first-order chi connectivity index (χ1) is 19.8. The molecule has 1 unspecified atom stereocenters. The maximum absolute atomic E-state index is 4.78. The van der Waals surface area contributed by atoms with Gasteiger partial charge in [-0.1, -0.05) is 152 Å². The SMILES string of the molecule is CC(CC=C(c1ccccc1)c1ccccc1)C[SiH2]Cn1ccnc1BC(=Cc1ccccc1)c1ccccc1. The van der Waals surface area contributed by atoms with Crippen LogP contribution < -0.4 is 5.72 Å². The summed E-state index contributed by atoms with van der Waals surface area (Å²) in [5.41, 5.74) is 8.85. The molecule has 0 aliphatic carbocycles. The molecule has 0 spiro atoms. The largest absolute Gasteiger partial charge is 0.346 e. The van der Waals surface area contributed by atoms with Crippen molar-refractivity contribution in [2.75, 3.05) is 0 Å². The van der Waals surface area contributed by atoms with Gasteiger partial charge in [-0.2, -0.15) is 0 Å². The molecule has 2 nitrogen and oxygen atoms in total. The number of hydrogen-bond donors (Lipinski definition) is 0. The Morgan fingerprint density at radius 3 is 1.93 bits per heavy atom. The Bertz CT molecular complexity index is 1470. The Hall–Kier alpha value is -4.15. The highest BCUT2D eigenvalue weighted by Gasteiger charge is 2.12. The molecule has 0 N–H and O–H groups in total. The number of benzene rings is 4. The standard InChI is InChI=1S/C36H37BN2Si/c1-29(22-23-34(31-16-8-3-9-17-31)32-18-10-4-11-19-32)27-40-28-39-25-24-38-36(39)37-35(33-20-12-5-13-21-33)26-30-14-6-2-7-15-30/h2-21,23-26,29,37H,22,27-28,40H2,1H3. The summed E-state index contributed by atoms with van der Waals surface area (Å²) >= 11 is 0.